The van der Waals surface area contributed by atoms with Crippen LogP contribution in [0.1, 0.15) is 25.5 Å². The van der Waals surface area contributed by atoms with Crippen molar-refractivity contribution >= 4 is 23.2 Å². The van der Waals surface area contributed by atoms with E-state index in [2.05, 4.69) is 0 Å². The first-order chi connectivity index (χ1) is 8.86. The summed E-state index contributed by atoms with van der Waals surface area (Å²) in [5.74, 6) is 0.0394. The van der Waals surface area contributed by atoms with Crippen LogP contribution in [0.2, 0.25) is 5.02 Å². The van der Waals surface area contributed by atoms with Gasteiger partial charge in [-0.15, -0.1) is 0 Å². The predicted molar refractivity (Wildman–Crippen MR) is 78.7 cm³/mol. The van der Waals surface area contributed by atoms with Gasteiger partial charge in [0.05, 0.1) is 12.6 Å². The highest BCUT2D eigenvalue weighted by atomic mass is 35.5. The number of halogens is 1. The molecular formula is C14H21ClN2O2. The highest BCUT2D eigenvalue weighted by molar-refractivity contribution is 6.31. The fourth-order valence-electron chi connectivity index (χ4n) is 1.74. The van der Waals surface area contributed by atoms with Gasteiger partial charge in [-0.3, -0.25) is 4.79 Å². The summed E-state index contributed by atoms with van der Waals surface area (Å²) in [6, 6.07) is 5.46. The number of aliphatic hydroxyl groups excluding tert-OH is 1. The molecule has 1 aromatic rings. The van der Waals surface area contributed by atoms with Gasteiger partial charge in [0.15, 0.2) is 0 Å². The van der Waals surface area contributed by atoms with Crippen LogP contribution >= 0.6 is 11.6 Å². The molecule has 0 saturated heterocycles. The van der Waals surface area contributed by atoms with Crippen LogP contribution in [0.25, 0.3) is 0 Å². The van der Waals surface area contributed by atoms with Crippen molar-refractivity contribution in [1.29, 1.82) is 0 Å². The molecule has 0 aliphatic heterocycles. The first-order valence-corrected chi connectivity index (χ1v) is 6.67. The summed E-state index contributed by atoms with van der Waals surface area (Å²) in [6.07, 6.45) is -0.597. The van der Waals surface area contributed by atoms with Gasteiger partial charge in [0, 0.05) is 31.4 Å². The Labute approximate surface area is 119 Å². The molecule has 0 aliphatic carbocycles. The van der Waals surface area contributed by atoms with E-state index in [0.29, 0.717) is 23.7 Å². The van der Waals surface area contributed by atoms with Crippen molar-refractivity contribution in [2.24, 2.45) is 0 Å². The normalized spacial score (nSPS) is 12.1. The second-order valence-electron chi connectivity index (χ2n) is 4.68. The minimum atomic E-state index is -0.597. The minimum Gasteiger partial charge on any atom is -0.389 e. The Morgan fingerprint density at radius 3 is 2.47 bits per heavy atom. The number of aliphatic hydroxyl groups is 1. The number of likely N-dealkylation sites (N-methyl/N-ethyl adjacent to an activating group) is 2. The Morgan fingerprint density at radius 2 is 2.05 bits per heavy atom. The standard InChI is InChI=1S/C14H21ClN2O2/c1-5-17(9-14(19)16(3)4)11-6-7-12(10(2)18)13(15)8-11/h6-8,10,18H,5,9H2,1-4H3. The largest absolute Gasteiger partial charge is 0.389 e. The lowest BCUT2D eigenvalue weighted by Gasteiger charge is -2.25. The van der Waals surface area contributed by atoms with Gasteiger partial charge in [0.25, 0.3) is 0 Å². The summed E-state index contributed by atoms with van der Waals surface area (Å²) in [5.41, 5.74) is 1.58. The number of carbonyl (C=O) groups is 1. The Kier molecular flexibility index (Phi) is 5.63. The van der Waals surface area contributed by atoms with Gasteiger partial charge in [-0.2, -0.15) is 0 Å². The molecule has 106 valence electrons. The maximum Gasteiger partial charge on any atom is 0.241 e. The molecule has 0 spiro atoms. The maximum absolute atomic E-state index is 11.8. The third-order valence-electron chi connectivity index (χ3n) is 3.01. The van der Waals surface area contributed by atoms with Crippen LogP contribution in [-0.2, 0) is 4.79 Å². The van der Waals surface area contributed by atoms with Crippen molar-refractivity contribution in [3.05, 3.63) is 28.8 Å². The molecule has 1 atom stereocenters. The molecule has 1 N–H and O–H groups in total. The number of anilines is 1. The Bertz CT molecular complexity index is 447. The number of benzene rings is 1. The quantitative estimate of drug-likeness (QED) is 0.902. The lowest BCUT2D eigenvalue weighted by molar-refractivity contribution is -0.127. The first-order valence-electron chi connectivity index (χ1n) is 6.29. The third kappa shape index (κ3) is 4.11. The summed E-state index contributed by atoms with van der Waals surface area (Å²) >= 11 is 6.14. The number of hydrogen-bond donors (Lipinski definition) is 1. The number of amides is 1. The topological polar surface area (TPSA) is 43.8 Å². The molecule has 0 heterocycles. The molecule has 0 saturated carbocycles. The summed E-state index contributed by atoms with van der Waals surface area (Å²) < 4.78 is 0. The fourth-order valence-corrected chi connectivity index (χ4v) is 2.07. The maximum atomic E-state index is 11.8. The van der Waals surface area contributed by atoms with Gasteiger partial charge in [0.2, 0.25) is 5.91 Å². The van der Waals surface area contributed by atoms with Crippen molar-refractivity contribution in [3.8, 4) is 0 Å². The van der Waals surface area contributed by atoms with E-state index in [0.717, 1.165) is 5.69 Å². The molecule has 4 nitrogen and oxygen atoms in total. The van der Waals surface area contributed by atoms with Crippen LogP contribution in [-0.4, -0.2) is 43.1 Å². The summed E-state index contributed by atoms with van der Waals surface area (Å²) in [7, 11) is 3.47. The minimum absolute atomic E-state index is 0.0394. The van der Waals surface area contributed by atoms with E-state index in [1.807, 2.05) is 17.9 Å². The SMILES string of the molecule is CCN(CC(=O)N(C)C)c1ccc(C(C)O)c(Cl)c1. The van der Waals surface area contributed by atoms with E-state index in [4.69, 9.17) is 11.6 Å². The van der Waals surface area contributed by atoms with Crippen molar-refractivity contribution in [2.45, 2.75) is 20.0 Å². The van der Waals surface area contributed by atoms with Crippen LogP contribution in [0.5, 0.6) is 0 Å². The van der Waals surface area contributed by atoms with Crippen molar-refractivity contribution in [1.82, 2.24) is 4.90 Å². The van der Waals surface area contributed by atoms with Crippen LogP contribution in [0.3, 0.4) is 0 Å². The molecule has 1 aromatic carbocycles. The number of hydrogen-bond acceptors (Lipinski definition) is 3. The molecule has 5 heteroatoms. The number of carbonyl (C=O) groups excluding carboxylic acids is 1. The van der Waals surface area contributed by atoms with Crippen LogP contribution in [0.15, 0.2) is 18.2 Å². The highest BCUT2D eigenvalue weighted by Crippen LogP contribution is 2.27. The van der Waals surface area contributed by atoms with Crippen LogP contribution in [0.4, 0.5) is 5.69 Å². The van der Waals surface area contributed by atoms with Crippen molar-refractivity contribution < 1.29 is 9.90 Å². The molecular weight excluding hydrogens is 264 g/mol. The first kappa shape index (κ1) is 15.8. The fraction of sp³-hybridized carbons (Fsp3) is 0.500. The van der Waals surface area contributed by atoms with E-state index >= 15 is 0 Å². The smallest absolute Gasteiger partial charge is 0.241 e. The second-order valence-corrected chi connectivity index (χ2v) is 5.09. The Morgan fingerprint density at radius 1 is 1.42 bits per heavy atom. The molecule has 0 bridgehead atoms. The van der Waals surface area contributed by atoms with Gasteiger partial charge in [-0.05, 0) is 31.5 Å². The van der Waals surface area contributed by atoms with Gasteiger partial charge in [-0.1, -0.05) is 17.7 Å². The summed E-state index contributed by atoms with van der Waals surface area (Å²) in [4.78, 5) is 15.3. The molecule has 0 fully saturated rings. The van der Waals surface area contributed by atoms with Gasteiger partial charge < -0.3 is 14.9 Å². The summed E-state index contributed by atoms with van der Waals surface area (Å²) in [6.45, 7) is 4.69. The number of rotatable bonds is 5. The average Bonchev–Trinajstić information content (AvgIpc) is 2.34. The van der Waals surface area contributed by atoms with E-state index in [1.165, 1.54) is 0 Å². The molecule has 1 unspecified atom stereocenters. The molecule has 0 aliphatic rings. The molecule has 0 aromatic heterocycles. The zero-order valence-corrected chi connectivity index (χ0v) is 12.6. The molecule has 1 amide bonds. The monoisotopic (exact) mass is 284 g/mol. The van der Waals surface area contributed by atoms with Gasteiger partial charge in [-0.25, -0.2) is 0 Å². The predicted octanol–water partition coefficient (Wildman–Crippen LogP) is 2.31. The van der Waals surface area contributed by atoms with Crippen molar-refractivity contribution in [2.75, 3.05) is 32.1 Å². The lowest BCUT2D eigenvalue weighted by atomic mass is 10.1. The Hall–Kier alpha value is -1.26. The zero-order valence-electron chi connectivity index (χ0n) is 11.9. The van der Waals surface area contributed by atoms with E-state index in [9.17, 15) is 9.90 Å². The number of nitrogens with zero attached hydrogens (tertiary/aromatic N) is 2. The van der Waals surface area contributed by atoms with E-state index in [1.54, 1.807) is 38.1 Å². The zero-order chi connectivity index (χ0) is 14.6. The van der Waals surface area contributed by atoms with Gasteiger partial charge >= 0.3 is 0 Å². The molecule has 1 rings (SSSR count). The second kappa shape index (κ2) is 6.78. The van der Waals surface area contributed by atoms with Crippen LogP contribution in [0, 0.1) is 0 Å². The van der Waals surface area contributed by atoms with E-state index < -0.39 is 6.10 Å². The lowest BCUT2D eigenvalue weighted by Crippen LogP contribution is -2.36. The third-order valence-corrected chi connectivity index (χ3v) is 3.33. The van der Waals surface area contributed by atoms with E-state index in [-0.39, 0.29) is 5.91 Å². The Balaban J connectivity index is 2.94. The molecule has 19 heavy (non-hydrogen) atoms. The average molecular weight is 285 g/mol. The summed E-state index contributed by atoms with van der Waals surface area (Å²) in [5, 5.41) is 10.1. The van der Waals surface area contributed by atoms with Crippen molar-refractivity contribution in [3.63, 3.8) is 0 Å². The highest BCUT2D eigenvalue weighted by Gasteiger charge is 2.14. The van der Waals surface area contributed by atoms with Crippen LogP contribution < -0.4 is 4.90 Å². The molecule has 0 radical (unpaired) electrons. The van der Waals surface area contributed by atoms with Gasteiger partial charge in [0.1, 0.15) is 0 Å².